The molecule has 0 aromatic rings. The Bertz CT molecular complexity index is 611. The Kier molecular flexibility index (Phi) is 29.5. The van der Waals surface area contributed by atoms with E-state index in [0.717, 1.165) is 0 Å². The van der Waals surface area contributed by atoms with Crippen LogP contribution >= 0.6 is 186 Å². The third-order valence-corrected chi connectivity index (χ3v) is 9.57. The number of alkyl halides is 16. The second-order valence-corrected chi connectivity index (χ2v) is 14.8. The van der Waals surface area contributed by atoms with Crippen molar-refractivity contribution in [2.45, 2.75) is 36.7 Å². The zero-order valence-electron chi connectivity index (χ0n) is 16.1. The molecule has 0 radical (unpaired) electrons. The summed E-state index contributed by atoms with van der Waals surface area (Å²) < 4.78 is -8.88. The third-order valence-electron chi connectivity index (χ3n) is 2.18. The first-order valence-electron chi connectivity index (χ1n) is 7.05. The van der Waals surface area contributed by atoms with Crippen LogP contribution in [0.3, 0.4) is 0 Å². The van der Waals surface area contributed by atoms with Gasteiger partial charge in [-0.1, -0.05) is 92.8 Å². The van der Waals surface area contributed by atoms with Crippen molar-refractivity contribution in [1.82, 2.24) is 0 Å². The summed E-state index contributed by atoms with van der Waals surface area (Å²) in [5.74, 6) is -6.83. The van der Waals surface area contributed by atoms with Crippen molar-refractivity contribution in [3.63, 3.8) is 0 Å². The van der Waals surface area contributed by atoms with Crippen LogP contribution in [0.1, 0.15) is 0 Å². The van der Waals surface area contributed by atoms with E-state index in [-0.39, 0.29) is 21.7 Å². The molecule has 0 fully saturated rings. The summed E-state index contributed by atoms with van der Waals surface area (Å²) in [6.45, 7) is 0. The van der Waals surface area contributed by atoms with E-state index in [0.29, 0.717) is 0 Å². The summed E-state index contributed by atoms with van der Waals surface area (Å²) in [5.41, 5.74) is 0. The van der Waals surface area contributed by atoms with E-state index < -0.39 is 60.6 Å². The number of hydrogen-bond acceptors (Lipinski definition) is 8. The van der Waals surface area contributed by atoms with Crippen molar-refractivity contribution in [3.8, 4) is 0 Å². The van der Waals surface area contributed by atoms with Crippen LogP contribution in [0.4, 0.5) is 0 Å². The second-order valence-electron chi connectivity index (χ2n) is 4.84. The van der Waals surface area contributed by atoms with E-state index in [1.165, 1.54) is 0 Å². The van der Waals surface area contributed by atoms with Gasteiger partial charge in [-0.25, -0.2) is 0 Å². The van der Waals surface area contributed by atoms with E-state index >= 15 is 0 Å². The van der Waals surface area contributed by atoms with Gasteiger partial charge < -0.3 is 39.6 Å². The molecule has 0 saturated heterocycles. The van der Waals surface area contributed by atoms with Crippen LogP contribution in [0.2, 0.25) is 0 Å². The quantitative estimate of drug-likeness (QED) is 0.266. The van der Waals surface area contributed by atoms with E-state index in [1.807, 2.05) is 0 Å². The monoisotopic (exact) mass is 883 g/mol. The summed E-state index contributed by atoms with van der Waals surface area (Å²) in [6.07, 6.45) is 0. The molecule has 0 aromatic carbocycles. The first-order valence-corrected chi connectivity index (χ1v) is 13.6. The Balaban J connectivity index is -0.000000122. The minimum atomic E-state index is -2.22. The van der Waals surface area contributed by atoms with Crippen LogP contribution in [-0.4, -0.2) is 60.6 Å². The maximum atomic E-state index is 9.92. The van der Waals surface area contributed by atoms with Gasteiger partial charge in [0.05, 0.1) is 23.9 Å². The van der Waals surface area contributed by atoms with Gasteiger partial charge in [-0.15, -0.1) is 92.8 Å². The molecule has 37 heavy (non-hydrogen) atoms. The van der Waals surface area contributed by atoms with Crippen molar-refractivity contribution in [3.05, 3.63) is 0 Å². The summed E-state index contributed by atoms with van der Waals surface area (Å²) in [5, 5.41) is 39.7. The van der Waals surface area contributed by atoms with E-state index in [2.05, 4.69) is 0 Å². The normalized spacial score (nSPS) is 11.8. The van der Waals surface area contributed by atoms with Gasteiger partial charge in [0, 0.05) is 0 Å². The van der Waals surface area contributed by atoms with Gasteiger partial charge in [-0.05, 0) is 0 Å². The molecule has 0 amide bonds. The van der Waals surface area contributed by atoms with Gasteiger partial charge >= 0.3 is 21.7 Å². The molecule has 0 aliphatic heterocycles. The number of carboxylic acid groups (broad SMARTS) is 4. The molecular weight excluding hydrogens is 887 g/mol. The summed E-state index contributed by atoms with van der Waals surface area (Å²) >= 11 is 80.7. The fourth-order valence-corrected chi connectivity index (χ4v) is 1.07. The molecule has 0 bridgehead atoms. The van der Waals surface area contributed by atoms with Gasteiger partial charge in [0.25, 0.3) is 0 Å². The largest absolute Gasteiger partial charge is 4.00 e. The predicted octanol–water partition coefficient (Wildman–Crippen LogP) is 2.85. The number of hydrogen-bond donors (Lipinski definition) is 0. The second kappa shape index (κ2) is 21.8. The van der Waals surface area contributed by atoms with E-state index in [1.54, 1.807) is 0 Å². The number of rotatable bonds is 8. The molecule has 0 spiro atoms. The van der Waals surface area contributed by atoms with Crippen molar-refractivity contribution < 1.29 is 61.3 Å². The number of aliphatic carboxylic acids is 4. The van der Waals surface area contributed by atoms with Crippen LogP contribution in [0.15, 0.2) is 0 Å². The van der Waals surface area contributed by atoms with E-state index in [9.17, 15) is 39.6 Å². The topological polar surface area (TPSA) is 161 Å². The Morgan fingerprint density at radius 3 is 0.459 bits per heavy atom. The van der Waals surface area contributed by atoms with E-state index in [4.69, 9.17) is 186 Å². The molecule has 0 aliphatic carbocycles. The number of carboxylic acids is 4. The molecule has 0 heterocycles. The smallest absolute Gasteiger partial charge is 0.547 e. The van der Waals surface area contributed by atoms with Crippen LogP contribution in [0.25, 0.3) is 0 Å². The molecule has 0 atom stereocenters. The Hall–Kier alpha value is 3.23. The zero-order valence-corrected chi connectivity index (χ0v) is 29.8. The molecule has 0 aliphatic rings. The fourth-order valence-electron chi connectivity index (χ4n) is 0.356. The SMILES string of the molecule is O=C([O-])C(Cl)(Cl)C(Cl)Cl.O=C([O-])C(Cl)(Cl)C(Cl)Cl.O=C([O-])C(Cl)(Cl)C(Cl)Cl.O=C([O-])C(Cl)(Cl)C(Cl)Cl.[Ti+4]. The maximum Gasteiger partial charge on any atom is 4.00 e. The average molecular weight is 891 g/mol. The first-order chi connectivity index (χ1) is 15.5. The van der Waals surface area contributed by atoms with Gasteiger partial charge in [-0.2, -0.15) is 0 Å². The van der Waals surface area contributed by atoms with Gasteiger partial charge in [0.15, 0.2) is 17.3 Å². The van der Waals surface area contributed by atoms with Gasteiger partial charge in [0.2, 0.25) is 0 Å². The van der Waals surface area contributed by atoms with Crippen LogP contribution in [-0.2, 0) is 40.9 Å². The van der Waals surface area contributed by atoms with Crippen LogP contribution < -0.4 is 20.4 Å². The predicted molar refractivity (Wildman–Crippen MR) is 140 cm³/mol. The van der Waals surface area contributed by atoms with Gasteiger partial charge in [-0.3, -0.25) is 0 Å². The number of carbonyl (C=O) groups is 4. The number of carbonyl (C=O) groups excluding carboxylic acids is 4. The minimum Gasteiger partial charge on any atom is -0.547 e. The minimum absolute atomic E-state index is 0. The Labute approximate surface area is 303 Å². The molecule has 0 N–H and O–H groups in total. The first kappa shape index (κ1) is 49.9. The van der Waals surface area contributed by atoms with Crippen molar-refractivity contribution in [2.24, 2.45) is 0 Å². The molecular formula is C12H4Cl16O8Ti. The summed E-state index contributed by atoms with van der Waals surface area (Å²) in [4.78, 5) is 34.1. The zero-order chi connectivity index (χ0) is 30.6. The molecule has 0 aromatic heterocycles. The molecule has 0 unspecified atom stereocenters. The fraction of sp³-hybridized carbons (Fsp3) is 0.667. The van der Waals surface area contributed by atoms with Gasteiger partial charge in [0.1, 0.15) is 19.3 Å². The van der Waals surface area contributed by atoms with Crippen molar-refractivity contribution >= 4 is 209 Å². The summed E-state index contributed by atoms with van der Waals surface area (Å²) in [7, 11) is 0. The molecule has 0 rings (SSSR count). The van der Waals surface area contributed by atoms with Crippen molar-refractivity contribution in [1.29, 1.82) is 0 Å². The standard InChI is InChI=1S/4C3H2Cl4O2.Ti/c4*4-1(5)3(6,7)2(8)9;/h4*1H,(H,8,9);/q;;;;+4/p-4. The maximum absolute atomic E-state index is 9.92. The molecule has 8 nitrogen and oxygen atoms in total. The third kappa shape index (κ3) is 20.7. The molecule has 25 heteroatoms. The Morgan fingerprint density at radius 2 is 0.459 bits per heavy atom. The van der Waals surface area contributed by atoms with Crippen LogP contribution in [0.5, 0.6) is 0 Å². The molecule has 0 saturated carbocycles. The summed E-state index contributed by atoms with van der Waals surface area (Å²) in [6, 6.07) is 0. The number of halogens is 16. The Morgan fingerprint density at radius 1 is 0.378 bits per heavy atom. The average Bonchev–Trinajstić information content (AvgIpc) is 2.68. The van der Waals surface area contributed by atoms with Crippen molar-refractivity contribution in [2.75, 3.05) is 0 Å². The molecule has 216 valence electrons. The van der Waals surface area contributed by atoms with Crippen LogP contribution in [0, 0.1) is 0 Å².